The summed E-state index contributed by atoms with van der Waals surface area (Å²) in [6.07, 6.45) is 3.53. The Labute approximate surface area is 118 Å². The van der Waals surface area contributed by atoms with E-state index in [0.29, 0.717) is 0 Å². The molecule has 0 saturated heterocycles. The molecular weight excluding hydrogens is 252 g/mol. The summed E-state index contributed by atoms with van der Waals surface area (Å²) in [6, 6.07) is 7.85. The van der Waals surface area contributed by atoms with Crippen molar-refractivity contribution in [3.8, 4) is 5.75 Å². The van der Waals surface area contributed by atoms with Gasteiger partial charge in [0, 0.05) is 30.3 Å². The summed E-state index contributed by atoms with van der Waals surface area (Å²) < 4.78 is 5.24. The summed E-state index contributed by atoms with van der Waals surface area (Å²) in [6.45, 7) is 1.94. The SMILES string of the molecule is COc1cccc(Nc2ncnc3c2CCNCC3)c1. The van der Waals surface area contributed by atoms with E-state index < -0.39 is 0 Å². The van der Waals surface area contributed by atoms with Gasteiger partial charge in [0.05, 0.1) is 12.8 Å². The van der Waals surface area contributed by atoms with Crippen LogP contribution in [0.1, 0.15) is 11.3 Å². The Kier molecular flexibility index (Phi) is 3.78. The molecule has 20 heavy (non-hydrogen) atoms. The summed E-state index contributed by atoms with van der Waals surface area (Å²) >= 11 is 0. The van der Waals surface area contributed by atoms with Crippen LogP contribution in [0, 0.1) is 0 Å². The number of ether oxygens (including phenoxy) is 1. The van der Waals surface area contributed by atoms with Crippen molar-refractivity contribution in [1.82, 2.24) is 15.3 Å². The molecule has 3 rings (SSSR count). The minimum absolute atomic E-state index is 0.830. The van der Waals surface area contributed by atoms with Crippen LogP contribution < -0.4 is 15.4 Å². The maximum absolute atomic E-state index is 5.24. The lowest BCUT2D eigenvalue weighted by molar-refractivity contribution is 0.415. The minimum atomic E-state index is 0.830. The Balaban J connectivity index is 1.90. The Bertz CT molecular complexity index is 600. The number of hydrogen-bond acceptors (Lipinski definition) is 5. The Morgan fingerprint density at radius 3 is 3.00 bits per heavy atom. The van der Waals surface area contributed by atoms with Gasteiger partial charge in [-0.1, -0.05) is 6.07 Å². The van der Waals surface area contributed by atoms with Gasteiger partial charge in [0.2, 0.25) is 0 Å². The lowest BCUT2D eigenvalue weighted by atomic mass is 10.1. The molecule has 0 unspecified atom stereocenters. The fourth-order valence-corrected chi connectivity index (χ4v) is 2.42. The zero-order valence-electron chi connectivity index (χ0n) is 11.5. The maximum Gasteiger partial charge on any atom is 0.137 e. The van der Waals surface area contributed by atoms with Gasteiger partial charge < -0.3 is 15.4 Å². The van der Waals surface area contributed by atoms with E-state index in [1.54, 1.807) is 13.4 Å². The lowest BCUT2D eigenvalue weighted by Crippen LogP contribution is -2.16. The molecule has 104 valence electrons. The third-order valence-electron chi connectivity index (χ3n) is 3.46. The second kappa shape index (κ2) is 5.88. The van der Waals surface area contributed by atoms with Crippen LogP contribution in [0.2, 0.25) is 0 Å². The molecule has 2 N–H and O–H groups in total. The Morgan fingerprint density at radius 1 is 1.20 bits per heavy atom. The van der Waals surface area contributed by atoms with Gasteiger partial charge in [0.25, 0.3) is 0 Å². The van der Waals surface area contributed by atoms with Crippen molar-refractivity contribution >= 4 is 11.5 Å². The first-order valence-electron chi connectivity index (χ1n) is 6.81. The van der Waals surface area contributed by atoms with Crippen molar-refractivity contribution in [3.05, 3.63) is 41.9 Å². The molecule has 2 aromatic rings. The van der Waals surface area contributed by atoms with Crippen LogP contribution in [-0.4, -0.2) is 30.2 Å². The number of benzene rings is 1. The van der Waals surface area contributed by atoms with Crippen molar-refractivity contribution in [2.24, 2.45) is 0 Å². The first-order chi connectivity index (χ1) is 9.86. The fraction of sp³-hybridized carbons (Fsp3) is 0.333. The number of rotatable bonds is 3. The van der Waals surface area contributed by atoms with Crippen molar-refractivity contribution in [3.63, 3.8) is 0 Å². The van der Waals surface area contributed by atoms with Gasteiger partial charge >= 0.3 is 0 Å². The highest BCUT2D eigenvalue weighted by molar-refractivity contribution is 5.61. The topological polar surface area (TPSA) is 59.1 Å². The van der Waals surface area contributed by atoms with E-state index in [2.05, 4.69) is 20.6 Å². The third-order valence-corrected chi connectivity index (χ3v) is 3.46. The van der Waals surface area contributed by atoms with Crippen molar-refractivity contribution in [2.45, 2.75) is 12.8 Å². The van der Waals surface area contributed by atoms with Gasteiger partial charge in [0.15, 0.2) is 0 Å². The third kappa shape index (κ3) is 2.72. The van der Waals surface area contributed by atoms with Crippen LogP contribution in [-0.2, 0) is 12.8 Å². The molecule has 0 bridgehead atoms. The first-order valence-corrected chi connectivity index (χ1v) is 6.81. The van der Waals surface area contributed by atoms with Gasteiger partial charge in [-0.3, -0.25) is 0 Å². The second-order valence-corrected chi connectivity index (χ2v) is 4.75. The molecule has 0 radical (unpaired) electrons. The number of aromatic nitrogens is 2. The molecule has 0 amide bonds. The zero-order valence-corrected chi connectivity index (χ0v) is 11.5. The molecule has 0 spiro atoms. The van der Waals surface area contributed by atoms with Crippen LogP contribution >= 0.6 is 0 Å². The number of methoxy groups -OCH3 is 1. The zero-order chi connectivity index (χ0) is 13.8. The highest BCUT2D eigenvalue weighted by atomic mass is 16.5. The average Bonchev–Trinajstić information content (AvgIpc) is 2.73. The quantitative estimate of drug-likeness (QED) is 0.892. The molecule has 0 fully saturated rings. The Morgan fingerprint density at radius 2 is 2.10 bits per heavy atom. The largest absolute Gasteiger partial charge is 0.497 e. The molecule has 0 atom stereocenters. The summed E-state index contributed by atoms with van der Waals surface area (Å²) in [5, 5.41) is 6.76. The summed E-state index contributed by atoms with van der Waals surface area (Å²) in [5.74, 6) is 1.73. The van der Waals surface area contributed by atoms with E-state index in [1.807, 2.05) is 24.3 Å². The van der Waals surface area contributed by atoms with E-state index in [-0.39, 0.29) is 0 Å². The predicted molar refractivity (Wildman–Crippen MR) is 78.6 cm³/mol. The summed E-state index contributed by atoms with van der Waals surface area (Å²) in [4.78, 5) is 8.79. The maximum atomic E-state index is 5.24. The summed E-state index contributed by atoms with van der Waals surface area (Å²) in [7, 11) is 1.67. The van der Waals surface area contributed by atoms with Crippen LogP contribution in [0.5, 0.6) is 5.75 Å². The molecular formula is C15H18N4O. The van der Waals surface area contributed by atoms with E-state index >= 15 is 0 Å². The highest BCUT2D eigenvalue weighted by Gasteiger charge is 2.14. The average molecular weight is 270 g/mol. The molecule has 0 aliphatic carbocycles. The van der Waals surface area contributed by atoms with Gasteiger partial charge in [0.1, 0.15) is 17.9 Å². The van der Waals surface area contributed by atoms with Gasteiger partial charge in [-0.05, 0) is 25.1 Å². The fourth-order valence-electron chi connectivity index (χ4n) is 2.42. The molecule has 5 nitrogen and oxygen atoms in total. The molecule has 2 heterocycles. The molecule has 0 saturated carbocycles. The normalized spacial score (nSPS) is 14.2. The standard InChI is InChI=1S/C15H18N4O/c1-20-12-4-2-3-11(9-12)19-15-13-5-7-16-8-6-14(13)17-10-18-15/h2-4,9-10,16H,5-8H2,1H3,(H,17,18,19). The monoisotopic (exact) mass is 270 g/mol. The van der Waals surface area contributed by atoms with Crippen LogP contribution in [0.4, 0.5) is 11.5 Å². The highest BCUT2D eigenvalue weighted by Crippen LogP contribution is 2.24. The smallest absolute Gasteiger partial charge is 0.137 e. The van der Waals surface area contributed by atoms with E-state index in [0.717, 1.165) is 48.9 Å². The number of anilines is 2. The molecule has 1 aromatic carbocycles. The van der Waals surface area contributed by atoms with Gasteiger partial charge in [-0.2, -0.15) is 0 Å². The van der Waals surface area contributed by atoms with Crippen LogP contribution in [0.15, 0.2) is 30.6 Å². The van der Waals surface area contributed by atoms with Crippen molar-refractivity contribution in [2.75, 3.05) is 25.5 Å². The Hall–Kier alpha value is -2.14. The number of hydrogen-bond donors (Lipinski definition) is 2. The van der Waals surface area contributed by atoms with E-state index in [9.17, 15) is 0 Å². The van der Waals surface area contributed by atoms with Crippen LogP contribution in [0.3, 0.4) is 0 Å². The molecule has 5 heteroatoms. The van der Waals surface area contributed by atoms with Gasteiger partial charge in [-0.25, -0.2) is 9.97 Å². The minimum Gasteiger partial charge on any atom is -0.497 e. The molecule has 1 aromatic heterocycles. The van der Waals surface area contributed by atoms with Crippen LogP contribution in [0.25, 0.3) is 0 Å². The first kappa shape index (κ1) is 12.9. The van der Waals surface area contributed by atoms with E-state index in [4.69, 9.17) is 4.74 Å². The molecule has 1 aliphatic rings. The number of nitrogens with zero attached hydrogens (tertiary/aromatic N) is 2. The molecule has 1 aliphatic heterocycles. The number of fused-ring (bicyclic) bond motifs is 1. The van der Waals surface area contributed by atoms with Crippen molar-refractivity contribution < 1.29 is 4.74 Å². The van der Waals surface area contributed by atoms with E-state index in [1.165, 1.54) is 5.56 Å². The summed E-state index contributed by atoms with van der Waals surface area (Å²) in [5.41, 5.74) is 3.32. The number of nitrogens with one attached hydrogen (secondary N) is 2. The predicted octanol–water partition coefficient (Wildman–Crippen LogP) is 1.92. The van der Waals surface area contributed by atoms with Gasteiger partial charge in [-0.15, -0.1) is 0 Å². The second-order valence-electron chi connectivity index (χ2n) is 4.75. The van der Waals surface area contributed by atoms with Crippen molar-refractivity contribution in [1.29, 1.82) is 0 Å². The lowest BCUT2D eigenvalue weighted by Gasteiger charge is -2.12.